The molecule has 0 saturated carbocycles. The summed E-state index contributed by atoms with van der Waals surface area (Å²) in [5.41, 5.74) is 0.0884. The third-order valence-corrected chi connectivity index (χ3v) is 5.46. The summed E-state index contributed by atoms with van der Waals surface area (Å²) >= 11 is 0. The second-order valence-corrected chi connectivity index (χ2v) is 9.19. The van der Waals surface area contributed by atoms with Crippen LogP contribution in [0.15, 0.2) is 47.4 Å². The molecule has 2 aromatic rings. The van der Waals surface area contributed by atoms with Gasteiger partial charge in [-0.05, 0) is 41.3 Å². The smallest absolute Gasteiger partial charge is 0.376 e. The van der Waals surface area contributed by atoms with Crippen LogP contribution in [0.1, 0.15) is 31.9 Å². The standard InChI is InChI=1S/C19H23F3N2O2S/c1-18(2,3)13-6-9-15(10-7-13)27(25,26)23-16-12-14(19(20,21)22)8-11-17(16)24(4)5/h6-12,23H,1-5H3. The summed E-state index contributed by atoms with van der Waals surface area (Å²) in [5, 5.41) is 0. The van der Waals surface area contributed by atoms with Crippen molar-refractivity contribution in [1.29, 1.82) is 0 Å². The number of halogens is 3. The van der Waals surface area contributed by atoms with Crippen LogP contribution in [0.5, 0.6) is 0 Å². The highest BCUT2D eigenvalue weighted by atomic mass is 32.2. The maximum atomic E-state index is 13.0. The van der Waals surface area contributed by atoms with Crippen molar-refractivity contribution >= 4 is 21.4 Å². The van der Waals surface area contributed by atoms with Crippen molar-refractivity contribution in [2.24, 2.45) is 0 Å². The minimum atomic E-state index is -4.57. The van der Waals surface area contributed by atoms with E-state index in [1.807, 2.05) is 20.8 Å². The van der Waals surface area contributed by atoms with Crippen molar-refractivity contribution in [3.8, 4) is 0 Å². The number of nitrogens with one attached hydrogen (secondary N) is 1. The molecule has 0 saturated heterocycles. The maximum absolute atomic E-state index is 13.0. The van der Waals surface area contributed by atoms with Crippen LogP contribution in [0.25, 0.3) is 0 Å². The van der Waals surface area contributed by atoms with Gasteiger partial charge in [0.15, 0.2) is 0 Å². The number of rotatable bonds is 4. The Labute approximate surface area is 158 Å². The summed E-state index contributed by atoms with van der Waals surface area (Å²) in [4.78, 5) is 1.53. The van der Waals surface area contributed by atoms with Crippen LogP contribution in [0.3, 0.4) is 0 Å². The summed E-state index contributed by atoms with van der Waals surface area (Å²) in [6, 6.07) is 9.27. The third kappa shape index (κ3) is 4.94. The van der Waals surface area contributed by atoms with E-state index in [1.165, 1.54) is 18.2 Å². The van der Waals surface area contributed by atoms with Gasteiger partial charge in [0, 0.05) is 14.1 Å². The van der Waals surface area contributed by atoms with E-state index in [2.05, 4.69) is 4.72 Å². The molecule has 4 nitrogen and oxygen atoms in total. The predicted molar refractivity (Wildman–Crippen MR) is 102 cm³/mol. The topological polar surface area (TPSA) is 49.4 Å². The van der Waals surface area contributed by atoms with E-state index in [1.54, 1.807) is 31.1 Å². The molecular weight excluding hydrogens is 377 g/mol. The largest absolute Gasteiger partial charge is 0.416 e. The van der Waals surface area contributed by atoms with Crippen LogP contribution >= 0.6 is 0 Å². The lowest BCUT2D eigenvalue weighted by molar-refractivity contribution is -0.137. The average Bonchev–Trinajstić information content (AvgIpc) is 2.52. The molecule has 0 atom stereocenters. The van der Waals surface area contributed by atoms with Gasteiger partial charge in [-0.2, -0.15) is 13.2 Å². The number of benzene rings is 2. The van der Waals surface area contributed by atoms with Crippen molar-refractivity contribution in [1.82, 2.24) is 0 Å². The van der Waals surface area contributed by atoms with Crippen LogP contribution in [0, 0.1) is 0 Å². The molecule has 8 heteroatoms. The SMILES string of the molecule is CN(C)c1ccc(C(F)(F)F)cc1NS(=O)(=O)c1ccc(C(C)(C)C)cc1. The summed E-state index contributed by atoms with van der Waals surface area (Å²) in [6.45, 7) is 6.00. The Morgan fingerprint density at radius 3 is 1.85 bits per heavy atom. The molecule has 27 heavy (non-hydrogen) atoms. The summed E-state index contributed by atoms with van der Waals surface area (Å²) in [5.74, 6) is 0. The van der Waals surface area contributed by atoms with Gasteiger partial charge in [-0.25, -0.2) is 8.42 Å². The Morgan fingerprint density at radius 1 is 0.889 bits per heavy atom. The van der Waals surface area contributed by atoms with Crippen LogP contribution < -0.4 is 9.62 Å². The van der Waals surface area contributed by atoms with Gasteiger partial charge in [0.1, 0.15) is 0 Å². The molecule has 0 bridgehead atoms. The Bertz CT molecular complexity index is 913. The van der Waals surface area contributed by atoms with Gasteiger partial charge in [0.2, 0.25) is 0 Å². The van der Waals surface area contributed by atoms with E-state index in [9.17, 15) is 21.6 Å². The molecule has 0 unspecified atom stereocenters. The normalized spacial score (nSPS) is 12.7. The van der Waals surface area contributed by atoms with Gasteiger partial charge in [0.25, 0.3) is 10.0 Å². The first-order chi connectivity index (χ1) is 12.2. The molecule has 0 aromatic heterocycles. The van der Waals surface area contributed by atoms with E-state index < -0.39 is 21.8 Å². The summed E-state index contributed by atoms with van der Waals surface area (Å²) < 4.78 is 66.7. The lowest BCUT2D eigenvalue weighted by atomic mass is 9.87. The Morgan fingerprint density at radius 2 is 1.41 bits per heavy atom. The monoisotopic (exact) mass is 400 g/mol. The lowest BCUT2D eigenvalue weighted by Crippen LogP contribution is -2.19. The fourth-order valence-corrected chi connectivity index (χ4v) is 3.59. The van der Waals surface area contributed by atoms with Gasteiger partial charge in [0.05, 0.1) is 21.8 Å². The quantitative estimate of drug-likeness (QED) is 0.797. The molecule has 1 N–H and O–H groups in total. The van der Waals surface area contributed by atoms with Gasteiger partial charge >= 0.3 is 6.18 Å². The van der Waals surface area contributed by atoms with E-state index >= 15 is 0 Å². The Kier molecular flexibility index (Phi) is 5.52. The minimum Gasteiger partial charge on any atom is -0.376 e. The molecule has 0 radical (unpaired) electrons. The van der Waals surface area contributed by atoms with Gasteiger partial charge in [-0.1, -0.05) is 32.9 Å². The number of nitrogens with zero attached hydrogens (tertiary/aromatic N) is 1. The number of sulfonamides is 1. The van der Waals surface area contributed by atoms with Crippen LogP contribution in [-0.2, 0) is 21.6 Å². The Hall–Kier alpha value is -2.22. The van der Waals surface area contributed by atoms with E-state index in [4.69, 9.17) is 0 Å². The van der Waals surface area contributed by atoms with Crippen LogP contribution in [0.2, 0.25) is 0 Å². The average molecular weight is 400 g/mol. The molecule has 0 aliphatic heterocycles. The highest BCUT2D eigenvalue weighted by Gasteiger charge is 2.32. The summed E-state index contributed by atoms with van der Waals surface area (Å²) in [6.07, 6.45) is -4.57. The van der Waals surface area contributed by atoms with Crippen molar-refractivity contribution in [3.05, 3.63) is 53.6 Å². The molecule has 148 valence electrons. The van der Waals surface area contributed by atoms with Crippen molar-refractivity contribution in [3.63, 3.8) is 0 Å². The zero-order valence-electron chi connectivity index (χ0n) is 15.8. The fourth-order valence-electron chi connectivity index (χ4n) is 2.52. The van der Waals surface area contributed by atoms with E-state index in [0.717, 1.165) is 17.7 Å². The third-order valence-electron chi connectivity index (χ3n) is 4.08. The minimum absolute atomic E-state index is 0.0161. The fraction of sp³-hybridized carbons (Fsp3) is 0.368. The van der Waals surface area contributed by atoms with Gasteiger partial charge in [-0.3, -0.25) is 4.72 Å². The van der Waals surface area contributed by atoms with Crippen molar-refractivity contribution < 1.29 is 21.6 Å². The Balaban J connectivity index is 2.44. The predicted octanol–water partition coefficient (Wildman–Crippen LogP) is 4.87. The first-order valence-electron chi connectivity index (χ1n) is 8.24. The first-order valence-corrected chi connectivity index (χ1v) is 9.72. The first kappa shape index (κ1) is 21.1. The molecule has 0 fully saturated rings. The second kappa shape index (κ2) is 7.07. The second-order valence-electron chi connectivity index (χ2n) is 7.50. The van der Waals surface area contributed by atoms with Crippen molar-refractivity contribution in [2.75, 3.05) is 23.7 Å². The molecule has 2 rings (SSSR count). The van der Waals surface area contributed by atoms with Crippen LogP contribution in [0.4, 0.5) is 24.5 Å². The zero-order valence-corrected chi connectivity index (χ0v) is 16.7. The van der Waals surface area contributed by atoms with Gasteiger partial charge in [-0.15, -0.1) is 0 Å². The maximum Gasteiger partial charge on any atom is 0.416 e. The molecular formula is C19H23F3N2O2S. The molecule has 0 heterocycles. The molecule has 0 aliphatic carbocycles. The number of anilines is 2. The molecule has 0 spiro atoms. The van der Waals surface area contributed by atoms with Crippen LogP contribution in [-0.4, -0.2) is 22.5 Å². The van der Waals surface area contributed by atoms with Gasteiger partial charge < -0.3 is 4.90 Å². The van der Waals surface area contributed by atoms with E-state index in [0.29, 0.717) is 5.69 Å². The number of alkyl halides is 3. The van der Waals surface area contributed by atoms with E-state index in [-0.39, 0.29) is 16.0 Å². The molecule has 0 amide bonds. The number of hydrogen-bond acceptors (Lipinski definition) is 3. The molecule has 0 aliphatic rings. The molecule has 2 aromatic carbocycles. The summed E-state index contributed by atoms with van der Waals surface area (Å²) in [7, 11) is -0.791. The van der Waals surface area contributed by atoms with Crippen molar-refractivity contribution in [2.45, 2.75) is 37.3 Å². The number of hydrogen-bond donors (Lipinski definition) is 1. The lowest BCUT2D eigenvalue weighted by Gasteiger charge is -2.21. The highest BCUT2D eigenvalue weighted by Crippen LogP contribution is 2.36. The highest BCUT2D eigenvalue weighted by molar-refractivity contribution is 7.92. The zero-order chi connectivity index (χ0) is 20.6.